The van der Waals surface area contributed by atoms with Crippen LogP contribution >= 0.6 is 0 Å². The predicted molar refractivity (Wildman–Crippen MR) is 124 cm³/mol. The molecule has 13 heteroatoms. The SMILES string of the molecule is CC1CCC(C(=O)NCc2cc(-c3cnc(C(F)(F)F)nc3)ccc2C#N)N1S(=O)c1ccc(F)cn1. The van der Waals surface area contributed by atoms with E-state index in [1.54, 1.807) is 12.1 Å². The zero-order chi connectivity index (χ0) is 26.7. The van der Waals surface area contributed by atoms with E-state index in [9.17, 15) is 31.8 Å². The van der Waals surface area contributed by atoms with Gasteiger partial charge in [-0.2, -0.15) is 18.4 Å². The van der Waals surface area contributed by atoms with Crippen LogP contribution in [0.25, 0.3) is 11.1 Å². The number of aromatic nitrogens is 3. The summed E-state index contributed by atoms with van der Waals surface area (Å²) < 4.78 is 66.1. The summed E-state index contributed by atoms with van der Waals surface area (Å²) in [7, 11) is -1.79. The molecule has 1 amide bonds. The maximum Gasteiger partial charge on any atom is 0.451 e. The van der Waals surface area contributed by atoms with Gasteiger partial charge in [0.05, 0.1) is 17.8 Å². The molecule has 192 valence electrons. The summed E-state index contributed by atoms with van der Waals surface area (Å²) in [5, 5.41) is 12.4. The molecule has 3 atom stereocenters. The van der Waals surface area contributed by atoms with Crippen LogP contribution in [0.3, 0.4) is 0 Å². The quantitative estimate of drug-likeness (QED) is 0.484. The maximum atomic E-state index is 13.2. The molecular weight excluding hydrogens is 512 g/mol. The molecule has 8 nitrogen and oxygen atoms in total. The van der Waals surface area contributed by atoms with Crippen molar-refractivity contribution in [2.24, 2.45) is 0 Å². The molecule has 0 aliphatic carbocycles. The van der Waals surface area contributed by atoms with Crippen LogP contribution in [0.2, 0.25) is 0 Å². The minimum absolute atomic E-state index is 0.0444. The van der Waals surface area contributed by atoms with Crippen molar-refractivity contribution < 1.29 is 26.6 Å². The number of nitrogens with zero attached hydrogens (tertiary/aromatic N) is 5. The molecule has 0 bridgehead atoms. The summed E-state index contributed by atoms with van der Waals surface area (Å²) >= 11 is 0. The molecule has 4 rings (SSSR count). The zero-order valence-corrected chi connectivity index (χ0v) is 20.2. The van der Waals surface area contributed by atoms with Crippen LogP contribution in [0.1, 0.15) is 36.7 Å². The molecule has 0 spiro atoms. The van der Waals surface area contributed by atoms with Crippen molar-refractivity contribution >= 4 is 16.9 Å². The number of rotatable bonds is 6. The van der Waals surface area contributed by atoms with E-state index in [1.807, 2.05) is 13.0 Å². The number of alkyl halides is 3. The van der Waals surface area contributed by atoms with Crippen LogP contribution in [-0.2, 0) is 28.5 Å². The summed E-state index contributed by atoms with van der Waals surface area (Å²) in [4.78, 5) is 23.7. The van der Waals surface area contributed by atoms with Crippen LogP contribution in [-0.4, -0.2) is 41.5 Å². The lowest BCUT2D eigenvalue weighted by atomic mass is 10.0. The molecule has 3 heterocycles. The van der Waals surface area contributed by atoms with Crippen molar-refractivity contribution in [3.05, 3.63) is 71.7 Å². The van der Waals surface area contributed by atoms with Gasteiger partial charge in [0.15, 0.2) is 0 Å². The normalized spacial score (nSPS) is 18.8. The summed E-state index contributed by atoms with van der Waals surface area (Å²) in [6.07, 6.45) is -0.583. The standard InChI is InChI=1S/C24H20F4N6O2S/c1-14-2-6-20(34(14)37(36)21-7-5-19(25)13-30-21)22(35)31-10-17-8-15(3-4-16(17)9-29)18-11-32-23(33-12-18)24(26,27)28/h3-5,7-8,11-14,20H,2,6,10H2,1H3,(H,31,35). The average Bonchev–Trinajstić information content (AvgIpc) is 3.28. The molecule has 1 N–H and O–H groups in total. The number of carbonyl (C=O) groups excluding carboxylic acids is 1. The minimum atomic E-state index is -4.67. The Morgan fingerprint density at radius 2 is 1.86 bits per heavy atom. The number of pyridine rings is 1. The first-order chi connectivity index (χ1) is 17.6. The number of halogens is 4. The largest absolute Gasteiger partial charge is 0.451 e. The monoisotopic (exact) mass is 532 g/mol. The second-order valence-electron chi connectivity index (χ2n) is 8.36. The number of nitrogens with one attached hydrogen (secondary N) is 1. The average molecular weight is 533 g/mol. The van der Waals surface area contributed by atoms with Gasteiger partial charge in [0.1, 0.15) is 27.9 Å². The van der Waals surface area contributed by atoms with Gasteiger partial charge in [0.2, 0.25) is 11.7 Å². The molecule has 1 aliphatic heterocycles. The highest BCUT2D eigenvalue weighted by atomic mass is 32.2. The summed E-state index contributed by atoms with van der Waals surface area (Å²) in [6, 6.07) is 8.17. The number of nitriles is 1. The number of amides is 1. The van der Waals surface area contributed by atoms with Crippen molar-refractivity contribution in [1.82, 2.24) is 24.6 Å². The van der Waals surface area contributed by atoms with Crippen LogP contribution in [0.5, 0.6) is 0 Å². The molecule has 0 saturated carbocycles. The third-order valence-corrected chi connectivity index (χ3v) is 7.49. The third kappa shape index (κ3) is 5.81. The van der Waals surface area contributed by atoms with E-state index in [0.29, 0.717) is 29.5 Å². The van der Waals surface area contributed by atoms with Crippen LogP contribution in [0.4, 0.5) is 17.6 Å². The Morgan fingerprint density at radius 1 is 1.14 bits per heavy atom. The molecule has 1 saturated heterocycles. The third-order valence-electron chi connectivity index (χ3n) is 5.89. The first-order valence-corrected chi connectivity index (χ1v) is 12.2. The molecule has 1 aromatic carbocycles. The summed E-state index contributed by atoms with van der Waals surface area (Å²) in [5.41, 5.74) is 1.49. The van der Waals surface area contributed by atoms with E-state index in [2.05, 4.69) is 20.3 Å². The molecule has 37 heavy (non-hydrogen) atoms. The fraction of sp³-hybridized carbons (Fsp3) is 0.292. The first-order valence-electron chi connectivity index (χ1n) is 11.1. The molecule has 1 fully saturated rings. The highest BCUT2D eigenvalue weighted by Gasteiger charge is 2.40. The molecule has 0 radical (unpaired) electrons. The Labute approximate surface area is 212 Å². The van der Waals surface area contributed by atoms with Gasteiger partial charge < -0.3 is 5.32 Å². The van der Waals surface area contributed by atoms with Gasteiger partial charge in [-0.3, -0.25) is 4.79 Å². The highest BCUT2D eigenvalue weighted by Crippen LogP contribution is 2.29. The minimum Gasteiger partial charge on any atom is -0.351 e. The molecule has 3 unspecified atom stereocenters. The van der Waals surface area contributed by atoms with E-state index >= 15 is 0 Å². The predicted octanol–water partition coefficient (Wildman–Crippen LogP) is 3.76. The van der Waals surface area contributed by atoms with Crippen molar-refractivity contribution in [1.29, 1.82) is 5.26 Å². The van der Waals surface area contributed by atoms with Gasteiger partial charge in [-0.25, -0.2) is 27.9 Å². The molecular formula is C24H20F4N6O2S. The zero-order valence-electron chi connectivity index (χ0n) is 19.4. The van der Waals surface area contributed by atoms with E-state index in [-0.39, 0.29) is 23.2 Å². The van der Waals surface area contributed by atoms with Gasteiger partial charge >= 0.3 is 6.18 Å². The van der Waals surface area contributed by atoms with E-state index in [4.69, 9.17) is 0 Å². The fourth-order valence-corrected chi connectivity index (χ4v) is 5.42. The van der Waals surface area contributed by atoms with Gasteiger partial charge in [-0.05, 0) is 55.2 Å². The van der Waals surface area contributed by atoms with Crippen LogP contribution in [0.15, 0.2) is 53.9 Å². The topological polar surface area (TPSA) is 112 Å². The van der Waals surface area contributed by atoms with Gasteiger partial charge in [-0.1, -0.05) is 6.07 Å². The lowest BCUT2D eigenvalue weighted by Gasteiger charge is -2.25. The second kappa shape index (κ2) is 10.7. The Kier molecular flexibility index (Phi) is 7.60. The molecule has 1 aliphatic rings. The number of hydrogen-bond donors (Lipinski definition) is 1. The van der Waals surface area contributed by atoms with Gasteiger partial charge in [-0.15, -0.1) is 0 Å². The van der Waals surface area contributed by atoms with E-state index < -0.39 is 40.8 Å². The van der Waals surface area contributed by atoms with Gasteiger partial charge in [0, 0.05) is 30.5 Å². The first kappa shape index (κ1) is 26.3. The molecule has 3 aromatic rings. The molecule has 2 aromatic heterocycles. The Bertz CT molecular complexity index is 1360. The number of hydrogen-bond acceptors (Lipinski definition) is 6. The number of benzene rings is 1. The number of carbonyl (C=O) groups is 1. The van der Waals surface area contributed by atoms with Crippen LogP contribution in [0, 0.1) is 17.1 Å². The lowest BCUT2D eigenvalue weighted by Crippen LogP contribution is -2.46. The Balaban J connectivity index is 1.50. The van der Waals surface area contributed by atoms with E-state index in [0.717, 1.165) is 24.7 Å². The van der Waals surface area contributed by atoms with Crippen molar-refractivity contribution in [3.63, 3.8) is 0 Å². The van der Waals surface area contributed by atoms with E-state index in [1.165, 1.54) is 16.4 Å². The fourth-order valence-electron chi connectivity index (χ4n) is 4.01. The highest BCUT2D eigenvalue weighted by molar-refractivity contribution is 7.82. The van der Waals surface area contributed by atoms with Crippen molar-refractivity contribution in [2.75, 3.05) is 0 Å². The Hall–Kier alpha value is -3.76. The maximum absolute atomic E-state index is 13.2. The Morgan fingerprint density at radius 3 is 2.49 bits per heavy atom. The van der Waals surface area contributed by atoms with Crippen molar-refractivity contribution in [3.8, 4) is 17.2 Å². The lowest BCUT2D eigenvalue weighted by molar-refractivity contribution is -0.145. The van der Waals surface area contributed by atoms with Crippen molar-refractivity contribution in [2.45, 2.75) is 49.6 Å². The summed E-state index contributed by atoms with van der Waals surface area (Å²) in [5.74, 6) is -2.24. The summed E-state index contributed by atoms with van der Waals surface area (Å²) in [6.45, 7) is 1.79. The second-order valence-corrected chi connectivity index (χ2v) is 9.70. The van der Waals surface area contributed by atoms with Gasteiger partial charge in [0.25, 0.3) is 0 Å². The van der Waals surface area contributed by atoms with Crippen LogP contribution < -0.4 is 5.32 Å². The smallest absolute Gasteiger partial charge is 0.351 e.